The van der Waals surface area contributed by atoms with Gasteiger partial charge in [0.2, 0.25) is 11.8 Å². The van der Waals surface area contributed by atoms with Gasteiger partial charge in [-0.15, -0.1) is 0 Å². The van der Waals surface area contributed by atoms with Gasteiger partial charge in [0.15, 0.2) is 0 Å². The molecule has 0 aliphatic carbocycles. The van der Waals surface area contributed by atoms with E-state index in [1.165, 1.54) is 13.8 Å². The fourth-order valence-corrected chi connectivity index (χ4v) is 1.30. The lowest BCUT2D eigenvalue weighted by atomic mass is 10.1. The normalized spacial score (nSPS) is 9.62. The Morgan fingerprint density at radius 1 is 1.00 bits per heavy atom. The van der Waals surface area contributed by atoms with Crippen LogP contribution in [0.5, 0.6) is 0 Å². The van der Waals surface area contributed by atoms with E-state index in [0.29, 0.717) is 13.1 Å². The lowest BCUT2D eigenvalue weighted by Crippen LogP contribution is -2.20. The molecule has 0 aromatic heterocycles. The number of nitrogens with one attached hydrogen (secondary N) is 2. The molecule has 0 aliphatic rings. The van der Waals surface area contributed by atoms with Gasteiger partial charge in [0, 0.05) is 26.9 Å². The molecular weight excluding hydrogens is 204 g/mol. The zero-order valence-corrected chi connectivity index (χ0v) is 9.54. The zero-order chi connectivity index (χ0) is 12.0. The van der Waals surface area contributed by atoms with Crippen molar-refractivity contribution in [1.29, 1.82) is 0 Å². The highest BCUT2D eigenvalue weighted by molar-refractivity contribution is 5.73. The van der Waals surface area contributed by atoms with E-state index in [4.69, 9.17) is 0 Å². The van der Waals surface area contributed by atoms with Crippen molar-refractivity contribution in [2.24, 2.45) is 0 Å². The maximum atomic E-state index is 10.7. The largest absolute Gasteiger partial charge is 0.352 e. The molecule has 0 heterocycles. The molecule has 2 N–H and O–H groups in total. The molecular formula is C12H16N2O2. The van der Waals surface area contributed by atoms with Gasteiger partial charge in [0.25, 0.3) is 0 Å². The lowest BCUT2D eigenvalue weighted by Gasteiger charge is -2.06. The van der Waals surface area contributed by atoms with Gasteiger partial charge >= 0.3 is 0 Å². The molecule has 16 heavy (non-hydrogen) atoms. The van der Waals surface area contributed by atoms with Crippen molar-refractivity contribution in [3.63, 3.8) is 0 Å². The van der Waals surface area contributed by atoms with Crippen molar-refractivity contribution < 1.29 is 9.59 Å². The summed E-state index contributed by atoms with van der Waals surface area (Å²) >= 11 is 0. The highest BCUT2D eigenvalue weighted by Crippen LogP contribution is 2.04. The van der Waals surface area contributed by atoms with Crippen LogP contribution in [0.3, 0.4) is 0 Å². The summed E-state index contributed by atoms with van der Waals surface area (Å²) in [4.78, 5) is 21.5. The second kappa shape index (κ2) is 5.90. The van der Waals surface area contributed by atoms with E-state index in [0.717, 1.165) is 11.1 Å². The van der Waals surface area contributed by atoms with Crippen molar-refractivity contribution in [2.75, 3.05) is 0 Å². The van der Waals surface area contributed by atoms with Crippen molar-refractivity contribution in [3.05, 3.63) is 35.4 Å². The van der Waals surface area contributed by atoms with Crippen LogP contribution in [0.1, 0.15) is 25.0 Å². The van der Waals surface area contributed by atoms with Gasteiger partial charge < -0.3 is 10.6 Å². The van der Waals surface area contributed by atoms with E-state index >= 15 is 0 Å². The standard InChI is InChI=1S/C12H16N2O2/c1-9(15)13-7-11-4-3-5-12(6-11)8-14-10(2)16/h3-6H,7-8H2,1-2H3,(H,13,15)(H,14,16). The minimum absolute atomic E-state index is 0.0488. The van der Waals surface area contributed by atoms with Crippen LogP contribution in [0.25, 0.3) is 0 Å². The van der Waals surface area contributed by atoms with E-state index in [2.05, 4.69) is 10.6 Å². The summed E-state index contributed by atoms with van der Waals surface area (Å²) in [6, 6.07) is 7.75. The molecule has 0 radical (unpaired) electrons. The zero-order valence-electron chi connectivity index (χ0n) is 9.54. The molecule has 1 aromatic carbocycles. The Bertz CT molecular complexity index is 355. The van der Waals surface area contributed by atoms with Crippen molar-refractivity contribution in [2.45, 2.75) is 26.9 Å². The van der Waals surface area contributed by atoms with Crippen molar-refractivity contribution >= 4 is 11.8 Å². The lowest BCUT2D eigenvalue weighted by molar-refractivity contribution is -0.119. The predicted molar refractivity (Wildman–Crippen MR) is 61.5 cm³/mol. The number of carbonyl (C=O) groups excluding carboxylic acids is 2. The Hall–Kier alpha value is -1.84. The first-order chi connectivity index (χ1) is 7.58. The molecule has 1 rings (SSSR count). The summed E-state index contributed by atoms with van der Waals surface area (Å²) in [5.74, 6) is -0.0977. The molecule has 0 atom stereocenters. The third kappa shape index (κ3) is 4.59. The number of rotatable bonds is 4. The van der Waals surface area contributed by atoms with Crippen LogP contribution in [0.2, 0.25) is 0 Å². The molecule has 0 aliphatic heterocycles. The van der Waals surface area contributed by atoms with Crippen LogP contribution in [0, 0.1) is 0 Å². The number of hydrogen-bond acceptors (Lipinski definition) is 2. The molecule has 0 unspecified atom stereocenters. The summed E-state index contributed by atoms with van der Waals surface area (Å²) in [5.41, 5.74) is 2.05. The number of carbonyl (C=O) groups is 2. The number of hydrogen-bond donors (Lipinski definition) is 2. The van der Waals surface area contributed by atoms with Gasteiger partial charge in [-0.25, -0.2) is 0 Å². The van der Waals surface area contributed by atoms with Gasteiger partial charge in [-0.2, -0.15) is 0 Å². The molecule has 1 aromatic rings. The summed E-state index contributed by atoms with van der Waals surface area (Å²) < 4.78 is 0. The second-order valence-corrected chi connectivity index (χ2v) is 3.64. The van der Waals surface area contributed by atoms with E-state index in [-0.39, 0.29) is 11.8 Å². The first kappa shape index (κ1) is 12.2. The van der Waals surface area contributed by atoms with Crippen LogP contribution < -0.4 is 10.6 Å². The molecule has 0 bridgehead atoms. The molecule has 4 heteroatoms. The van der Waals surface area contributed by atoms with Crippen LogP contribution in [-0.4, -0.2) is 11.8 Å². The van der Waals surface area contributed by atoms with Crippen LogP contribution in [0.4, 0.5) is 0 Å². The smallest absolute Gasteiger partial charge is 0.217 e. The predicted octanol–water partition coefficient (Wildman–Crippen LogP) is 0.959. The highest BCUT2D eigenvalue weighted by atomic mass is 16.1. The summed E-state index contributed by atoms with van der Waals surface area (Å²) in [5, 5.41) is 5.46. The van der Waals surface area contributed by atoms with Crippen molar-refractivity contribution in [1.82, 2.24) is 10.6 Å². The van der Waals surface area contributed by atoms with E-state index in [1.807, 2.05) is 24.3 Å². The SMILES string of the molecule is CC(=O)NCc1cccc(CNC(C)=O)c1. The Balaban J connectivity index is 2.56. The Kier molecular flexibility index (Phi) is 4.51. The molecule has 0 fully saturated rings. The average molecular weight is 220 g/mol. The van der Waals surface area contributed by atoms with E-state index in [1.54, 1.807) is 0 Å². The molecule has 4 nitrogen and oxygen atoms in total. The summed E-state index contributed by atoms with van der Waals surface area (Å²) in [6.45, 7) is 4.01. The average Bonchev–Trinajstić information content (AvgIpc) is 2.24. The second-order valence-electron chi connectivity index (χ2n) is 3.64. The van der Waals surface area contributed by atoms with Gasteiger partial charge in [0.05, 0.1) is 0 Å². The quantitative estimate of drug-likeness (QED) is 0.794. The Morgan fingerprint density at radius 2 is 1.44 bits per heavy atom. The van der Waals surface area contributed by atoms with Gasteiger partial charge in [-0.05, 0) is 11.1 Å². The molecule has 0 saturated heterocycles. The van der Waals surface area contributed by atoms with E-state index in [9.17, 15) is 9.59 Å². The first-order valence-electron chi connectivity index (χ1n) is 5.14. The first-order valence-corrected chi connectivity index (χ1v) is 5.14. The molecule has 0 saturated carbocycles. The summed E-state index contributed by atoms with van der Waals surface area (Å²) in [6.07, 6.45) is 0. The van der Waals surface area contributed by atoms with Gasteiger partial charge in [0.1, 0.15) is 0 Å². The van der Waals surface area contributed by atoms with Gasteiger partial charge in [-0.3, -0.25) is 9.59 Å². The summed E-state index contributed by atoms with van der Waals surface area (Å²) in [7, 11) is 0. The Morgan fingerprint density at radius 3 is 1.81 bits per heavy atom. The highest BCUT2D eigenvalue weighted by Gasteiger charge is 1.98. The van der Waals surface area contributed by atoms with E-state index < -0.39 is 0 Å². The maximum absolute atomic E-state index is 10.7. The number of benzene rings is 1. The fourth-order valence-electron chi connectivity index (χ4n) is 1.30. The monoisotopic (exact) mass is 220 g/mol. The third-order valence-corrected chi connectivity index (χ3v) is 2.07. The van der Waals surface area contributed by atoms with Crippen LogP contribution in [0.15, 0.2) is 24.3 Å². The molecule has 0 spiro atoms. The van der Waals surface area contributed by atoms with Crippen molar-refractivity contribution in [3.8, 4) is 0 Å². The van der Waals surface area contributed by atoms with Gasteiger partial charge in [-0.1, -0.05) is 24.3 Å². The third-order valence-electron chi connectivity index (χ3n) is 2.07. The van der Waals surface area contributed by atoms with Crippen LogP contribution >= 0.6 is 0 Å². The number of amides is 2. The molecule has 2 amide bonds. The molecule has 86 valence electrons. The van der Waals surface area contributed by atoms with Crippen LogP contribution in [-0.2, 0) is 22.7 Å². The maximum Gasteiger partial charge on any atom is 0.217 e. The minimum Gasteiger partial charge on any atom is -0.352 e. The Labute approximate surface area is 95.0 Å². The fraction of sp³-hybridized carbons (Fsp3) is 0.333. The minimum atomic E-state index is -0.0488. The topological polar surface area (TPSA) is 58.2 Å².